The van der Waals surface area contributed by atoms with Crippen molar-refractivity contribution < 1.29 is 22.6 Å². The van der Waals surface area contributed by atoms with Gasteiger partial charge in [0.25, 0.3) is 0 Å². The van der Waals surface area contributed by atoms with Gasteiger partial charge < -0.3 is 14.2 Å². The molecule has 0 spiro atoms. The van der Waals surface area contributed by atoms with Gasteiger partial charge in [0.2, 0.25) is 10.0 Å². The average Bonchev–Trinajstić information content (AvgIpc) is 2.66. The van der Waals surface area contributed by atoms with E-state index in [1.807, 2.05) is 36.4 Å². The molecule has 0 aliphatic rings. The predicted octanol–water partition coefficient (Wildman–Crippen LogP) is 2.42. The quantitative estimate of drug-likeness (QED) is 0.686. The number of ether oxygens (including phenoxy) is 3. The zero-order valence-electron chi connectivity index (χ0n) is 15.3. The first-order valence-corrected chi connectivity index (χ1v) is 9.94. The van der Waals surface area contributed by atoms with E-state index in [0.717, 1.165) is 11.1 Å². The van der Waals surface area contributed by atoms with Crippen LogP contribution in [0.3, 0.4) is 0 Å². The first-order chi connectivity index (χ1) is 12.5. The Bertz CT molecular complexity index is 806. The SMILES string of the molecule is COc1cc(CCNS(=O)(=O)CCc2ccccc2)c(OC)c(OC)c1. The molecule has 0 aliphatic carbocycles. The van der Waals surface area contributed by atoms with Crippen LogP contribution in [-0.4, -0.2) is 42.0 Å². The summed E-state index contributed by atoms with van der Waals surface area (Å²) in [7, 11) is 1.32. The molecule has 0 unspecified atom stereocenters. The number of methoxy groups -OCH3 is 3. The van der Waals surface area contributed by atoms with Gasteiger partial charge in [-0.15, -0.1) is 0 Å². The Morgan fingerprint density at radius 1 is 0.923 bits per heavy atom. The van der Waals surface area contributed by atoms with E-state index in [1.54, 1.807) is 27.4 Å². The standard InChI is InChI=1S/C19H25NO5S/c1-23-17-13-16(19(25-3)18(14-17)24-2)9-11-20-26(21,22)12-10-15-7-5-4-6-8-15/h4-8,13-14,20H,9-12H2,1-3H3. The molecule has 2 rings (SSSR count). The van der Waals surface area contributed by atoms with Crippen LogP contribution in [0.25, 0.3) is 0 Å². The maximum atomic E-state index is 12.2. The summed E-state index contributed by atoms with van der Waals surface area (Å²) in [6.45, 7) is 0.268. The summed E-state index contributed by atoms with van der Waals surface area (Å²) in [6.07, 6.45) is 0.938. The van der Waals surface area contributed by atoms with Gasteiger partial charge in [-0.2, -0.15) is 0 Å². The average molecular weight is 379 g/mol. The molecule has 0 bridgehead atoms. The number of hydrogen-bond donors (Lipinski definition) is 1. The van der Waals surface area contributed by atoms with E-state index in [1.165, 1.54) is 0 Å². The third kappa shape index (κ3) is 5.64. The summed E-state index contributed by atoms with van der Waals surface area (Å²) in [5.74, 6) is 1.81. The van der Waals surface area contributed by atoms with Crippen LogP contribution in [-0.2, 0) is 22.9 Å². The Kier molecular flexibility index (Phi) is 7.29. The fourth-order valence-electron chi connectivity index (χ4n) is 2.63. The molecule has 2 aromatic rings. The van der Waals surface area contributed by atoms with E-state index in [2.05, 4.69) is 4.72 Å². The predicted molar refractivity (Wildman–Crippen MR) is 102 cm³/mol. The van der Waals surface area contributed by atoms with Crippen molar-refractivity contribution in [3.8, 4) is 17.2 Å². The van der Waals surface area contributed by atoms with Crippen LogP contribution in [0.4, 0.5) is 0 Å². The molecule has 26 heavy (non-hydrogen) atoms. The lowest BCUT2D eigenvalue weighted by molar-refractivity contribution is 0.345. The lowest BCUT2D eigenvalue weighted by Gasteiger charge is -2.15. The van der Waals surface area contributed by atoms with Crippen LogP contribution in [0.2, 0.25) is 0 Å². The molecule has 6 nitrogen and oxygen atoms in total. The van der Waals surface area contributed by atoms with Crippen molar-refractivity contribution in [1.82, 2.24) is 4.72 Å². The third-order valence-corrected chi connectivity index (χ3v) is 5.37. The minimum atomic E-state index is -3.35. The van der Waals surface area contributed by atoms with Gasteiger partial charge in [-0.1, -0.05) is 30.3 Å². The fraction of sp³-hybridized carbons (Fsp3) is 0.368. The second kappa shape index (κ2) is 9.45. The maximum absolute atomic E-state index is 12.2. The van der Waals surface area contributed by atoms with Crippen LogP contribution >= 0.6 is 0 Å². The topological polar surface area (TPSA) is 73.9 Å². The Labute approximate surface area is 155 Å². The molecule has 1 N–H and O–H groups in total. The van der Waals surface area contributed by atoms with Crippen LogP contribution in [0.15, 0.2) is 42.5 Å². The van der Waals surface area contributed by atoms with Crippen molar-refractivity contribution in [3.05, 3.63) is 53.6 Å². The van der Waals surface area contributed by atoms with E-state index < -0.39 is 10.0 Å². The number of hydrogen-bond acceptors (Lipinski definition) is 5. The monoisotopic (exact) mass is 379 g/mol. The van der Waals surface area contributed by atoms with Crippen LogP contribution in [0.5, 0.6) is 17.2 Å². The van der Waals surface area contributed by atoms with E-state index >= 15 is 0 Å². The van der Waals surface area contributed by atoms with Gasteiger partial charge in [-0.3, -0.25) is 0 Å². The van der Waals surface area contributed by atoms with Gasteiger partial charge in [0.05, 0.1) is 27.1 Å². The van der Waals surface area contributed by atoms with E-state index in [4.69, 9.17) is 14.2 Å². The smallest absolute Gasteiger partial charge is 0.211 e. The highest BCUT2D eigenvalue weighted by Gasteiger charge is 2.15. The molecule has 142 valence electrons. The summed E-state index contributed by atoms with van der Waals surface area (Å²) in [5, 5.41) is 0. The zero-order chi connectivity index (χ0) is 19.0. The lowest BCUT2D eigenvalue weighted by atomic mass is 10.1. The molecular weight excluding hydrogens is 354 g/mol. The van der Waals surface area contributed by atoms with Gasteiger partial charge in [-0.25, -0.2) is 13.1 Å². The first-order valence-electron chi connectivity index (χ1n) is 8.29. The molecule has 2 aromatic carbocycles. The number of sulfonamides is 1. The minimum Gasteiger partial charge on any atom is -0.497 e. The Hall–Kier alpha value is -2.25. The largest absolute Gasteiger partial charge is 0.497 e. The summed E-state index contributed by atoms with van der Waals surface area (Å²) in [5.41, 5.74) is 1.81. The molecule has 0 saturated heterocycles. The van der Waals surface area contributed by atoms with E-state index in [-0.39, 0.29) is 12.3 Å². The Balaban J connectivity index is 1.97. The summed E-state index contributed by atoms with van der Waals surface area (Å²) < 4.78 is 43.0. The number of rotatable bonds is 10. The van der Waals surface area contributed by atoms with Crippen LogP contribution in [0, 0.1) is 0 Å². The third-order valence-electron chi connectivity index (χ3n) is 3.98. The van der Waals surface area contributed by atoms with Gasteiger partial charge in [0, 0.05) is 18.2 Å². The summed E-state index contributed by atoms with van der Waals surface area (Å²) in [6, 6.07) is 13.1. The van der Waals surface area contributed by atoms with E-state index in [9.17, 15) is 8.42 Å². The van der Waals surface area contributed by atoms with E-state index in [0.29, 0.717) is 30.1 Å². The second-order valence-corrected chi connectivity index (χ2v) is 7.65. The van der Waals surface area contributed by atoms with Crippen molar-refractivity contribution in [2.45, 2.75) is 12.8 Å². The molecule has 0 aromatic heterocycles. The van der Waals surface area contributed by atoms with Gasteiger partial charge in [-0.05, 0) is 24.5 Å². The van der Waals surface area contributed by atoms with Crippen LogP contribution in [0.1, 0.15) is 11.1 Å². The Morgan fingerprint density at radius 3 is 2.27 bits per heavy atom. The highest BCUT2D eigenvalue weighted by molar-refractivity contribution is 7.89. The summed E-state index contributed by atoms with van der Waals surface area (Å²) >= 11 is 0. The molecule has 0 atom stereocenters. The molecule has 0 aliphatic heterocycles. The molecule has 0 amide bonds. The number of nitrogens with one attached hydrogen (secondary N) is 1. The Morgan fingerprint density at radius 2 is 1.65 bits per heavy atom. The minimum absolute atomic E-state index is 0.0512. The second-order valence-electron chi connectivity index (χ2n) is 5.72. The number of benzene rings is 2. The van der Waals surface area contributed by atoms with Crippen molar-refractivity contribution in [2.75, 3.05) is 33.6 Å². The summed E-state index contributed by atoms with van der Waals surface area (Å²) in [4.78, 5) is 0. The molecule has 0 heterocycles. The highest BCUT2D eigenvalue weighted by atomic mass is 32.2. The zero-order valence-corrected chi connectivity index (χ0v) is 16.1. The lowest BCUT2D eigenvalue weighted by Crippen LogP contribution is -2.29. The van der Waals surface area contributed by atoms with Crippen molar-refractivity contribution in [1.29, 1.82) is 0 Å². The highest BCUT2D eigenvalue weighted by Crippen LogP contribution is 2.35. The van der Waals surface area contributed by atoms with Crippen molar-refractivity contribution in [2.24, 2.45) is 0 Å². The fourth-order valence-corrected chi connectivity index (χ4v) is 3.69. The van der Waals surface area contributed by atoms with Crippen molar-refractivity contribution in [3.63, 3.8) is 0 Å². The van der Waals surface area contributed by atoms with Gasteiger partial charge in [0.1, 0.15) is 5.75 Å². The molecular formula is C19H25NO5S. The first kappa shape index (κ1) is 20.1. The normalized spacial score (nSPS) is 11.2. The molecule has 0 radical (unpaired) electrons. The number of aryl methyl sites for hydroxylation is 1. The molecule has 0 saturated carbocycles. The maximum Gasteiger partial charge on any atom is 0.211 e. The van der Waals surface area contributed by atoms with Gasteiger partial charge >= 0.3 is 0 Å². The molecule has 7 heteroatoms. The van der Waals surface area contributed by atoms with Crippen molar-refractivity contribution >= 4 is 10.0 Å². The van der Waals surface area contributed by atoms with Crippen LogP contribution < -0.4 is 18.9 Å². The van der Waals surface area contributed by atoms with Gasteiger partial charge in [0.15, 0.2) is 11.5 Å². The molecule has 0 fully saturated rings.